The zero-order valence-electron chi connectivity index (χ0n) is 18.0. The third-order valence-electron chi connectivity index (χ3n) is 6.11. The van der Waals surface area contributed by atoms with E-state index >= 15 is 0 Å². The fourth-order valence-electron chi connectivity index (χ4n) is 4.69. The molecule has 2 fully saturated rings. The highest BCUT2D eigenvalue weighted by Crippen LogP contribution is 2.30. The number of rotatable bonds is 3. The van der Waals surface area contributed by atoms with Crippen molar-refractivity contribution in [3.05, 3.63) is 23.0 Å². The maximum atomic E-state index is 13.4. The van der Waals surface area contributed by atoms with E-state index in [1.54, 1.807) is 0 Å². The van der Waals surface area contributed by atoms with Crippen LogP contribution in [-0.4, -0.2) is 38.8 Å². The molecule has 0 aliphatic carbocycles. The van der Waals surface area contributed by atoms with Gasteiger partial charge in [-0.05, 0) is 65.4 Å². The molecule has 0 saturated carbocycles. The highest BCUT2D eigenvalue weighted by Gasteiger charge is 2.34. The van der Waals surface area contributed by atoms with Gasteiger partial charge in [0.1, 0.15) is 0 Å². The Morgan fingerprint density at radius 2 is 1.89 bits per heavy atom. The Hall–Kier alpha value is -1.95. The molecule has 2 N–H and O–H groups in total. The first kappa shape index (κ1) is 19.4. The fraction of sp³-hybridized carbons (Fsp3) is 0.682. The van der Waals surface area contributed by atoms with E-state index in [1.165, 1.54) is 12.8 Å². The van der Waals surface area contributed by atoms with Gasteiger partial charge in [-0.15, -0.1) is 0 Å². The molecule has 152 valence electrons. The summed E-state index contributed by atoms with van der Waals surface area (Å²) in [5.41, 5.74) is 3.13. The normalized spacial score (nSPS) is 24.9. The SMILES string of the molecule is Cc1nn(C(C)(C)C)c2nc(C(C)C)cc(C(=O)NC3CC4CCC(C3)N4)c12. The molecule has 4 heterocycles. The van der Waals surface area contributed by atoms with Crippen molar-refractivity contribution in [1.82, 2.24) is 25.4 Å². The first-order valence-electron chi connectivity index (χ1n) is 10.6. The smallest absolute Gasteiger partial charge is 0.252 e. The number of hydrogen-bond donors (Lipinski definition) is 2. The Bertz CT molecular complexity index is 896. The molecule has 2 aliphatic rings. The summed E-state index contributed by atoms with van der Waals surface area (Å²) in [6.45, 7) is 12.6. The van der Waals surface area contributed by atoms with Crippen molar-refractivity contribution < 1.29 is 4.79 Å². The van der Waals surface area contributed by atoms with Crippen molar-refractivity contribution in [1.29, 1.82) is 0 Å². The van der Waals surface area contributed by atoms with E-state index in [0.717, 1.165) is 35.3 Å². The van der Waals surface area contributed by atoms with Gasteiger partial charge in [0.15, 0.2) is 5.65 Å². The highest BCUT2D eigenvalue weighted by molar-refractivity contribution is 6.06. The minimum Gasteiger partial charge on any atom is -0.349 e. The number of aryl methyl sites for hydroxylation is 1. The second-order valence-electron chi connectivity index (χ2n) is 9.90. The molecule has 0 spiro atoms. The van der Waals surface area contributed by atoms with Crippen LogP contribution in [0.25, 0.3) is 11.0 Å². The van der Waals surface area contributed by atoms with Gasteiger partial charge in [0.05, 0.1) is 22.2 Å². The topological polar surface area (TPSA) is 71.8 Å². The van der Waals surface area contributed by atoms with E-state index in [9.17, 15) is 4.79 Å². The van der Waals surface area contributed by atoms with Gasteiger partial charge in [0.2, 0.25) is 0 Å². The van der Waals surface area contributed by atoms with Crippen molar-refractivity contribution in [3.63, 3.8) is 0 Å². The summed E-state index contributed by atoms with van der Waals surface area (Å²) in [5.74, 6) is 0.256. The third kappa shape index (κ3) is 3.43. The Labute approximate surface area is 167 Å². The maximum absolute atomic E-state index is 13.4. The number of carbonyl (C=O) groups excluding carboxylic acids is 1. The number of piperidine rings is 1. The molecule has 2 unspecified atom stereocenters. The number of fused-ring (bicyclic) bond motifs is 3. The first-order chi connectivity index (χ1) is 13.1. The molecule has 0 aromatic carbocycles. The highest BCUT2D eigenvalue weighted by atomic mass is 16.1. The van der Waals surface area contributed by atoms with Crippen molar-refractivity contribution in [2.45, 2.75) is 96.8 Å². The average Bonchev–Trinajstić information content (AvgIpc) is 3.13. The predicted octanol–water partition coefficient (Wildman–Crippen LogP) is 3.63. The monoisotopic (exact) mass is 383 g/mol. The summed E-state index contributed by atoms with van der Waals surface area (Å²) >= 11 is 0. The van der Waals surface area contributed by atoms with Gasteiger partial charge in [-0.2, -0.15) is 5.10 Å². The van der Waals surface area contributed by atoms with Gasteiger partial charge < -0.3 is 10.6 Å². The number of nitrogens with zero attached hydrogens (tertiary/aromatic N) is 3. The quantitative estimate of drug-likeness (QED) is 0.849. The van der Waals surface area contributed by atoms with Gasteiger partial charge in [0, 0.05) is 23.8 Å². The van der Waals surface area contributed by atoms with Crippen molar-refractivity contribution in [2.24, 2.45) is 0 Å². The van der Waals surface area contributed by atoms with E-state index in [4.69, 9.17) is 10.1 Å². The standard InChI is InChI=1S/C22H33N5O/c1-12(2)18-11-17(19-13(3)26-27(20(19)25-18)22(4,5)6)21(28)24-16-9-14-7-8-15(10-16)23-14/h11-12,14-16,23H,7-10H2,1-6H3,(H,24,28). The molecule has 4 rings (SSSR count). The van der Waals surface area contributed by atoms with Crippen LogP contribution >= 0.6 is 0 Å². The number of nitrogens with one attached hydrogen (secondary N) is 2. The van der Waals surface area contributed by atoms with Crippen LogP contribution in [-0.2, 0) is 5.54 Å². The Morgan fingerprint density at radius 3 is 2.46 bits per heavy atom. The summed E-state index contributed by atoms with van der Waals surface area (Å²) < 4.78 is 1.96. The van der Waals surface area contributed by atoms with Gasteiger partial charge in [-0.25, -0.2) is 9.67 Å². The molecule has 2 aliphatic heterocycles. The van der Waals surface area contributed by atoms with Crippen LogP contribution in [0.15, 0.2) is 6.07 Å². The lowest BCUT2D eigenvalue weighted by atomic mass is 9.98. The molecular weight excluding hydrogens is 350 g/mol. The lowest BCUT2D eigenvalue weighted by Gasteiger charge is -2.29. The van der Waals surface area contributed by atoms with Crippen LogP contribution in [0.2, 0.25) is 0 Å². The first-order valence-corrected chi connectivity index (χ1v) is 10.6. The second kappa shape index (κ2) is 6.83. The summed E-state index contributed by atoms with van der Waals surface area (Å²) in [4.78, 5) is 18.2. The lowest BCUT2D eigenvalue weighted by Crippen LogP contribution is -2.48. The molecular formula is C22H33N5O. The van der Waals surface area contributed by atoms with Gasteiger partial charge in [0.25, 0.3) is 5.91 Å². The van der Waals surface area contributed by atoms with E-state index < -0.39 is 0 Å². The molecule has 28 heavy (non-hydrogen) atoms. The summed E-state index contributed by atoms with van der Waals surface area (Å²) in [7, 11) is 0. The minimum atomic E-state index is -0.197. The van der Waals surface area contributed by atoms with Crippen LogP contribution in [0, 0.1) is 6.92 Å². The van der Waals surface area contributed by atoms with E-state index in [-0.39, 0.29) is 23.4 Å². The van der Waals surface area contributed by atoms with Crippen molar-refractivity contribution >= 4 is 16.9 Å². The van der Waals surface area contributed by atoms with Crippen molar-refractivity contribution in [3.8, 4) is 0 Å². The Balaban J connectivity index is 1.74. The maximum Gasteiger partial charge on any atom is 0.252 e. The van der Waals surface area contributed by atoms with E-state index in [0.29, 0.717) is 17.6 Å². The third-order valence-corrected chi connectivity index (χ3v) is 6.11. The van der Waals surface area contributed by atoms with Crippen LogP contribution < -0.4 is 10.6 Å². The Kier molecular flexibility index (Phi) is 4.73. The molecule has 6 heteroatoms. The van der Waals surface area contributed by atoms with Crippen LogP contribution in [0.3, 0.4) is 0 Å². The van der Waals surface area contributed by atoms with E-state index in [1.807, 2.05) is 17.7 Å². The Morgan fingerprint density at radius 1 is 1.25 bits per heavy atom. The molecule has 0 radical (unpaired) electrons. The second-order valence-corrected chi connectivity index (χ2v) is 9.90. The fourth-order valence-corrected chi connectivity index (χ4v) is 4.69. The number of carbonyl (C=O) groups is 1. The van der Waals surface area contributed by atoms with Crippen LogP contribution in [0.1, 0.15) is 88.0 Å². The average molecular weight is 384 g/mol. The molecule has 6 nitrogen and oxygen atoms in total. The van der Waals surface area contributed by atoms with Crippen LogP contribution in [0.4, 0.5) is 0 Å². The van der Waals surface area contributed by atoms with E-state index in [2.05, 4.69) is 45.3 Å². The molecule has 2 aromatic rings. The molecule has 2 saturated heterocycles. The van der Waals surface area contributed by atoms with Crippen LogP contribution in [0.5, 0.6) is 0 Å². The molecule has 1 amide bonds. The molecule has 2 atom stereocenters. The predicted molar refractivity (Wildman–Crippen MR) is 112 cm³/mol. The minimum absolute atomic E-state index is 0.0113. The van der Waals surface area contributed by atoms with Gasteiger partial charge in [-0.3, -0.25) is 4.79 Å². The number of pyridine rings is 1. The summed E-state index contributed by atoms with van der Waals surface area (Å²) in [6, 6.07) is 3.32. The molecule has 2 aromatic heterocycles. The summed E-state index contributed by atoms with van der Waals surface area (Å²) in [6.07, 6.45) is 4.50. The zero-order chi connectivity index (χ0) is 20.2. The summed E-state index contributed by atoms with van der Waals surface area (Å²) in [5, 5.41) is 12.6. The van der Waals surface area contributed by atoms with Crippen molar-refractivity contribution in [2.75, 3.05) is 0 Å². The lowest BCUT2D eigenvalue weighted by molar-refractivity contribution is 0.0925. The molecule has 2 bridgehead atoms. The number of amides is 1. The number of hydrogen-bond acceptors (Lipinski definition) is 4. The van der Waals surface area contributed by atoms with Gasteiger partial charge >= 0.3 is 0 Å². The largest absolute Gasteiger partial charge is 0.349 e. The zero-order valence-corrected chi connectivity index (χ0v) is 18.0. The number of aromatic nitrogens is 3. The van der Waals surface area contributed by atoms with Gasteiger partial charge in [-0.1, -0.05) is 13.8 Å².